The molecule has 4 nitrogen and oxygen atoms in total. The van der Waals surface area contributed by atoms with Gasteiger partial charge >= 0.3 is 0 Å². The number of imidazole rings is 1. The topological polar surface area (TPSA) is 39.4 Å². The molecule has 3 aromatic carbocycles. The average Bonchev–Trinajstić information content (AvgIpc) is 3.18. The van der Waals surface area contributed by atoms with Gasteiger partial charge in [-0.3, -0.25) is 4.40 Å². The Hall–Kier alpha value is -3.05. The number of hydrogen-bond donors (Lipinski definition) is 0. The second kappa shape index (κ2) is 8.47. The van der Waals surface area contributed by atoms with Crippen LogP contribution in [0.4, 0.5) is 0 Å². The van der Waals surface area contributed by atoms with Crippen molar-refractivity contribution in [3.8, 4) is 39.4 Å². The third-order valence-corrected chi connectivity index (χ3v) is 5.99. The van der Waals surface area contributed by atoms with E-state index in [4.69, 9.17) is 44.5 Å². The van der Waals surface area contributed by atoms with E-state index in [1.807, 2.05) is 71.3 Å². The molecule has 0 fully saturated rings. The van der Waals surface area contributed by atoms with Crippen molar-refractivity contribution in [2.45, 2.75) is 0 Å². The second-order valence-corrected chi connectivity index (χ2v) is 8.46. The highest BCUT2D eigenvalue weighted by Crippen LogP contribution is 2.38. The molecule has 0 N–H and O–H groups in total. The van der Waals surface area contributed by atoms with Crippen LogP contribution in [0.1, 0.15) is 0 Å². The molecule has 0 saturated carbocycles. The number of aromatic nitrogens is 3. The Kier molecular flexibility index (Phi) is 5.51. The summed E-state index contributed by atoms with van der Waals surface area (Å²) in [6.07, 6.45) is 3.81. The molecule has 0 saturated heterocycles. The first-order chi connectivity index (χ1) is 15.5. The van der Waals surface area contributed by atoms with E-state index >= 15 is 0 Å². The summed E-state index contributed by atoms with van der Waals surface area (Å²) >= 11 is 18.9. The van der Waals surface area contributed by atoms with Crippen LogP contribution >= 0.6 is 34.8 Å². The minimum Gasteiger partial charge on any atom is -0.497 e. The van der Waals surface area contributed by atoms with Crippen LogP contribution in [0.5, 0.6) is 5.75 Å². The van der Waals surface area contributed by atoms with E-state index in [9.17, 15) is 0 Å². The fourth-order valence-electron chi connectivity index (χ4n) is 3.63. The van der Waals surface area contributed by atoms with Gasteiger partial charge in [0.15, 0.2) is 0 Å². The zero-order valence-electron chi connectivity index (χ0n) is 16.9. The first-order valence-corrected chi connectivity index (χ1v) is 10.9. The lowest BCUT2D eigenvalue weighted by atomic mass is 10.0. The Balaban J connectivity index is 1.79. The van der Waals surface area contributed by atoms with E-state index in [1.165, 1.54) is 0 Å². The molecule has 5 aromatic rings. The lowest BCUT2D eigenvalue weighted by Crippen LogP contribution is -1.94. The highest BCUT2D eigenvalue weighted by atomic mass is 35.5. The van der Waals surface area contributed by atoms with Crippen LogP contribution in [0.15, 0.2) is 79.1 Å². The molecule has 158 valence electrons. The molecule has 0 bridgehead atoms. The van der Waals surface area contributed by atoms with Crippen LogP contribution < -0.4 is 4.74 Å². The van der Waals surface area contributed by atoms with Crippen LogP contribution in [-0.4, -0.2) is 21.5 Å². The first kappa shape index (κ1) is 20.8. The normalized spacial score (nSPS) is 11.1. The molecule has 0 aliphatic heterocycles. The summed E-state index contributed by atoms with van der Waals surface area (Å²) in [4.78, 5) is 9.44. The van der Waals surface area contributed by atoms with Crippen molar-refractivity contribution in [2.75, 3.05) is 7.11 Å². The molecule has 0 unspecified atom stereocenters. The number of rotatable bonds is 4. The van der Waals surface area contributed by atoms with Crippen LogP contribution in [-0.2, 0) is 0 Å². The summed E-state index contributed by atoms with van der Waals surface area (Å²) in [6.45, 7) is 0. The molecule has 7 heteroatoms. The highest BCUT2D eigenvalue weighted by Gasteiger charge is 2.20. The number of fused-ring (bicyclic) bond motifs is 1. The molecular weight excluding hydrogens is 465 g/mol. The minimum absolute atomic E-state index is 0.529. The Labute approximate surface area is 200 Å². The molecule has 5 rings (SSSR count). The van der Waals surface area contributed by atoms with Gasteiger partial charge in [-0.25, -0.2) is 9.97 Å². The maximum absolute atomic E-state index is 6.62. The number of ether oxygens (including phenoxy) is 1. The number of methoxy groups -OCH3 is 1. The summed E-state index contributed by atoms with van der Waals surface area (Å²) < 4.78 is 7.33. The maximum Gasteiger partial charge on any atom is 0.234 e. The Morgan fingerprint density at radius 1 is 0.812 bits per heavy atom. The monoisotopic (exact) mass is 479 g/mol. The van der Waals surface area contributed by atoms with Gasteiger partial charge in [0.25, 0.3) is 0 Å². The van der Waals surface area contributed by atoms with Gasteiger partial charge in [0, 0.05) is 39.1 Å². The van der Waals surface area contributed by atoms with Crippen molar-refractivity contribution >= 4 is 40.6 Å². The van der Waals surface area contributed by atoms with Gasteiger partial charge in [0.2, 0.25) is 5.78 Å². The molecule has 0 aliphatic rings. The average molecular weight is 481 g/mol. The van der Waals surface area contributed by atoms with Crippen molar-refractivity contribution < 1.29 is 4.74 Å². The third kappa shape index (κ3) is 3.82. The van der Waals surface area contributed by atoms with Crippen molar-refractivity contribution in [3.05, 3.63) is 94.2 Å². The number of halogens is 3. The molecule has 32 heavy (non-hydrogen) atoms. The Morgan fingerprint density at radius 2 is 1.59 bits per heavy atom. The van der Waals surface area contributed by atoms with E-state index in [0.717, 1.165) is 39.4 Å². The van der Waals surface area contributed by atoms with E-state index in [1.54, 1.807) is 19.4 Å². The van der Waals surface area contributed by atoms with Crippen LogP contribution in [0.25, 0.3) is 39.4 Å². The molecule has 2 heterocycles. The molecular formula is C25H16Cl3N3O. The largest absolute Gasteiger partial charge is 0.497 e. The number of benzene rings is 3. The number of hydrogen-bond acceptors (Lipinski definition) is 3. The molecule has 0 spiro atoms. The SMILES string of the molecule is COc1cccc(-c2cnc3nc(-c4ccc(Cl)cc4)c(-c4ccc(Cl)cc4Cl)n3c2)c1. The number of nitrogens with zero attached hydrogens (tertiary/aromatic N) is 3. The lowest BCUT2D eigenvalue weighted by molar-refractivity contribution is 0.415. The summed E-state index contributed by atoms with van der Waals surface area (Å²) in [5.41, 5.74) is 5.18. The quantitative estimate of drug-likeness (QED) is 0.264. The van der Waals surface area contributed by atoms with Gasteiger partial charge in [-0.15, -0.1) is 0 Å². The van der Waals surface area contributed by atoms with E-state index in [2.05, 4.69) is 4.98 Å². The molecule has 0 amide bonds. The third-order valence-electron chi connectivity index (χ3n) is 5.19. The molecule has 2 aromatic heterocycles. The van der Waals surface area contributed by atoms with Gasteiger partial charge in [-0.2, -0.15) is 0 Å². The standard InChI is InChI=1S/C25H16Cl3N3O/c1-32-20-4-2-3-16(11-20)17-13-29-25-30-23(15-5-7-18(26)8-6-15)24(31(25)14-17)21-10-9-19(27)12-22(21)28/h2-14H,1H3. The van der Waals surface area contributed by atoms with Gasteiger partial charge in [0.05, 0.1) is 23.5 Å². The summed E-state index contributed by atoms with van der Waals surface area (Å²) in [5.74, 6) is 1.33. The van der Waals surface area contributed by atoms with Crippen LogP contribution in [0, 0.1) is 0 Å². The molecule has 0 aliphatic carbocycles. The van der Waals surface area contributed by atoms with Crippen LogP contribution in [0.2, 0.25) is 15.1 Å². The second-order valence-electron chi connectivity index (χ2n) is 7.18. The maximum atomic E-state index is 6.62. The van der Waals surface area contributed by atoms with Crippen LogP contribution in [0.3, 0.4) is 0 Å². The van der Waals surface area contributed by atoms with Gasteiger partial charge in [0.1, 0.15) is 5.75 Å². The minimum atomic E-state index is 0.529. The Morgan fingerprint density at radius 3 is 2.34 bits per heavy atom. The van der Waals surface area contributed by atoms with E-state index < -0.39 is 0 Å². The van der Waals surface area contributed by atoms with Crippen molar-refractivity contribution in [2.24, 2.45) is 0 Å². The van der Waals surface area contributed by atoms with Gasteiger partial charge in [-0.1, -0.05) is 59.1 Å². The summed E-state index contributed by atoms with van der Waals surface area (Å²) in [7, 11) is 1.65. The lowest BCUT2D eigenvalue weighted by Gasteiger charge is -2.10. The fourth-order valence-corrected chi connectivity index (χ4v) is 4.26. The fraction of sp³-hybridized carbons (Fsp3) is 0.0400. The highest BCUT2D eigenvalue weighted by molar-refractivity contribution is 6.36. The summed E-state index contributed by atoms with van der Waals surface area (Å²) in [6, 6.07) is 20.8. The molecule has 0 radical (unpaired) electrons. The van der Waals surface area contributed by atoms with Crippen molar-refractivity contribution in [1.82, 2.24) is 14.4 Å². The smallest absolute Gasteiger partial charge is 0.234 e. The van der Waals surface area contributed by atoms with Gasteiger partial charge < -0.3 is 4.74 Å². The zero-order chi connectivity index (χ0) is 22.2. The summed E-state index contributed by atoms with van der Waals surface area (Å²) in [5, 5.41) is 1.75. The van der Waals surface area contributed by atoms with E-state index in [0.29, 0.717) is 20.8 Å². The van der Waals surface area contributed by atoms with Gasteiger partial charge in [-0.05, 0) is 48.0 Å². The molecule has 0 atom stereocenters. The van der Waals surface area contributed by atoms with Crippen molar-refractivity contribution in [3.63, 3.8) is 0 Å². The predicted molar refractivity (Wildman–Crippen MR) is 131 cm³/mol. The zero-order valence-corrected chi connectivity index (χ0v) is 19.2. The van der Waals surface area contributed by atoms with E-state index in [-0.39, 0.29) is 0 Å². The van der Waals surface area contributed by atoms with Crippen molar-refractivity contribution in [1.29, 1.82) is 0 Å². The first-order valence-electron chi connectivity index (χ1n) is 9.77. The predicted octanol–water partition coefficient (Wildman–Crippen LogP) is 7.70. The Bertz CT molecular complexity index is 1450.